The molecule has 0 saturated carbocycles. The summed E-state index contributed by atoms with van der Waals surface area (Å²) in [7, 11) is -1.68. The first-order valence-corrected chi connectivity index (χ1v) is 8.07. The summed E-state index contributed by atoms with van der Waals surface area (Å²) in [5, 5.41) is 0. The molecule has 2 aliphatic heterocycles. The standard InChI is InChI=1S/C10H18NO3.CH4O3S/c1-11(5-3-2-4-6-11)7-9-8-13-10(12)14-9;1-5(2,3)4/h9H,2-8H2,1H3;1H3,(H,2,3,4)/q+1;/p-1. The van der Waals surface area contributed by atoms with Gasteiger partial charge in [0, 0.05) is 6.26 Å². The fourth-order valence-corrected chi connectivity index (χ4v) is 2.40. The minimum atomic E-state index is -3.92. The molecule has 0 spiro atoms. The molecule has 2 aliphatic rings. The Hall–Kier alpha value is -0.860. The van der Waals surface area contributed by atoms with Crippen molar-refractivity contribution in [2.75, 3.05) is 39.5 Å². The number of ether oxygens (including phenoxy) is 2. The normalized spacial score (nSPS) is 25.8. The molecule has 2 heterocycles. The highest BCUT2D eigenvalue weighted by Gasteiger charge is 2.34. The maximum Gasteiger partial charge on any atom is 0.509 e. The molecule has 112 valence electrons. The zero-order chi connectivity index (χ0) is 14.5. The third-order valence-electron chi connectivity index (χ3n) is 3.19. The lowest BCUT2D eigenvalue weighted by Crippen LogP contribution is -2.52. The number of nitrogens with zero attached hydrogens (tertiary/aromatic N) is 1. The second kappa shape index (κ2) is 6.53. The van der Waals surface area contributed by atoms with Gasteiger partial charge in [0.05, 0.1) is 30.3 Å². The Kier molecular flexibility index (Phi) is 5.57. The maximum atomic E-state index is 10.7. The monoisotopic (exact) mass is 295 g/mol. The van der Waals surface area contributed by atoms with Crippen molar-refractivity contribution >= 4 is 16.3 Å². The first-order chi connectivity index (χ1) is 8.68. The summed E-state index contributed by atoms with van der Waals surface area (Å²) in [6, 6.07) is 0. The van der Waals surface area contributed by atoms with Crippen LogP contribution in [0.25, 0.3) is 0 Å². The van der Waals surface area contributed by atoms with Crippen molar-refractivity contribution in [3.8, 4) is 0 Å². The van der Waals surface area contributed by atoms with E-state index < -0.39 is 16.3 Å². The Balaban J connectivity index is 0.000000312. The van der Waals surface area contributed by atoms with Crippen molar-refractivity contribution < 1.29 is 31.7 Å². The van der Waals surface area contributed by atoms with Gasteiger partial charge in [-0.2, -0.15) is 0 Å². The number of piperidine rings is 1. The third-order valence-corrected chi connectivity index (χ3v) is 3.19. The van der Waals surface area contributed by atoms with Gasteiger partial charge in [-0.1, -0.05) is 0 Å². The minimum Gasteiger partial charge on any atom is -0.748 e. The number of likely N-dealkylation sites (tertiary alicyclic amines) is 1. The van der Waals surface area contributed by atoms with Gasteiger partial charge in [-0.25, -0.2) is 13.2 Å². The Morgan fingerprint density at radius 1 is 1.32 bits per heavy atom. The summed E-state index contributed by atoms with van der Waals surface area (Å²) in [5.41, 5.74) is 0. The zero-order valence-electron chi connectivity index (χ0n) is 11.3. The molecule has 0 radical (unpaired) electrons. The van der Waals surface area contributed by atoms with Crippen molar-refractivity contribution in [3.05, 3.63) is 0 Å². The number of rotatable bonds is 2. The fraction of sp³-hybridized carbons (Fsp3) is 0.909. The van der Waals surface area contributed by atoms with Gasteiger partial charge in [0.15, 0.2) is 6.10 Å². The highest BCUT2D eigenvalue weighted by molar-refractivity contribution is 7.84. The number of hydrogen-bond acceptors (Lipinski definition) is 6. The lowest BCUT2D eigenvalue weighted by atomic mass is 10.1. The average Bonchev–Trinajstić information content (AvgIpc) is 2.61. The minimum absolute atomic E-state index is 0.0226. The molecular weight excluding hydrogens is 274 g/mol. The third kappa shape index (κ3) is 7.34. The van der Waals surface area contributed by atoms with E-state index in [-0.39, 0.29) is 6.10 Å². The van der Waals surface area contributed by atoms with Gasteiger partial charge < -0.3 is 18.5 Å². The van der Waals surface area contributed by atoms with E-state index in [1.165, 1.54) is 32.4 Å². The van der Waals surface area contributed by atoms with Crippen LogP contribution in [0.15, 0.2) is 0 Å². The molecule has 0 amide bonds. The van der Waals surface area contributed by atoms with E-state index >= 15 is 0 Å². The number of hydrogen-bond donors (Lipinski definition) is 0. The van der Waals surface area contributed by atoms with E-state index in [9.17, 15) is 4.79 Å². The summed E-state index contributed by atoms with van der Waals surface area (Å²) in [6.45, 7) is 3.75. The van der Waals surface area contributed by atoms with Crippen LogP contribution in [0.1, 0.15) is 19.3 Å². The fourth-order valence-electron chi connectivity index (χ4n) is 2.40. The van der Waals surface area contributed by atoms with Gasteiger partial charge in [0.25, 0.3) is 0 Å². The highest BCUT2D eigenvalue weighted by atomic mass is 32.2. The smallest absolute Gasteiger partial charge is 0.509 e. The van der Waals surface area contributed by atoms with E-state index in [1.807, 2.05) is 0 Å². The molecule has 0 bridgehead atoms. The first-order valence-electron chi connectivity index (χ1n) is 6.26. The molecule has 7 nitrogen and oxygen atoms in total. The molecule has 1 unspecified atom stereocenters. The largest absolute Gasteiger partial charge is 0.748 e. The molecule has 0 N–H and O–H groups in total. The highest BCUT2D eigenvalue weighted by Crippen LogP contribution is 2.19. The van der Waals surface area contributed by atoms with E-state index in [0.717, 1.165) is 11.0 Å². The number of likely N-dealkylation sites (N-methyl/N-ethyl adjacent to an activating group) is 1. The van der Waals surface area contributed by atoms with Crippen LogP contribution >= 0.6 is 0 Å². The maximum absolute atomic E-state index is 10.7. The summed E-state index contributed by atoms with van der Waals surface area (Å²) in [6.07, 6.45) is 4.00. The quantitative estimate of drug-likeness (QED) is 0.413. The van der Waals surface area contributed by atoms with Crippen molar-refractivity contribution in [3.63, 3.8) is 0 Å². The molecule has 0 aromatic carbocycles. The topological polar surface area (TPSA) is 92.7 Å². The number of carbonyl (C=O) groups is 1. The molecule has 2 fully saturated rings. The molecule has 2 rings (SSSR count). The number of carbonyl (C=O) groups excluding carboxylic acids is 1. The molecule has 0 aromatic rings. The number of quaternary nitrogens is 1. The second-order valence-electron chi connectivity index (χ2n) is 5.31. The van der Waals surface area contributed by atoms with Crippen LogP contribution in [0.5, 0.6) is 0 Å². The van der Waals surface area contributed by atoms with E-state index in [2.05, 4.69) is 7.05 Å². The summed E-state index contributed by atoms with van der Waals surface area (Å²) >= 11 is 0. The summed E-state index contributed by atoms with van der Waals surface area (Å²) in [4.78, 5) is 10.7. The number of cyclic esters (lactones) is 2. The van der Waals surface area contributed by atoms with Gasteiger partial charge >= 0.3 is 6.16 Å². The average molecular weight is 295 g/mol. The van der Waals surface area contributed by atoms with Crippen LogP contribution in [0.2, 0.25) is 0 Å². The van der Waals surface area contributed by atoms with Gasteiger partial charge in [-0.15, -0.1) is 0 Å². The SMILES string of the molecule is CS(=O)(=O)[O-].C[N+]1(CC2COC(=O)O2)CCCCC1. The molecular formula is C11H21NO6S. The van der Waals surface area contributed by atoms with Crippen LogP contribution in [-0.2, 0) is 19.6 Å². The first kappa shape index (κ1) is 16.2. The predicted octanol–water partition coefficient (Wildman–Crippen LogP) is 0.314. The van der Waals surface area contributed by atoms with Gasteiger partial charge in [0.1, 0.15) is 13.2 Å². The second-order valence-corrected chi connectivity index (χ2v) is 6.72. The van der Waals surface area contributed by atoms with E-state index in [1.54, 1.807) is 0 Å². The van der Waals surface area contributed by atoms with E-state index in [0.29, 0.717) is 12.9 Å². The van der Waals surface area contributed by atoms with Crippen LogP contribution in [0, 0.1) is 0 Å². The lowest BCUT2D eigenvalue weighted by Gasteiger charge is -2.38. The van der Waals surface area contributed by atoms with Crippen molar-refractivity contribution in [2.45, 2.75) is 25.4 Å². The van der Waals surface area contributed by atoms with Crippen LogP contribution in [0.3, 0.4) is 0 Å². The van der Waals surface area contributed by atoms with Crippen molar-refractivity contribution in [1.82, 2.24) is 0 Å². The predicted molar refractivity (Wildman–Crippen MR) is 66.5 cm³/mol. The lowest BCUT2D eigenvalue weighted by molar-refractivity contribution is -0.916. The van der Waals surface area contributed by atoms with Crippen molar-refractivity contribution in [2.24, 2.45) is 0 Å². The van der Waals surface area contributed by atoms with Crippen LogP contribution < -0.4 is 0 Å². The Morgan fingerprint density at radius 3 is 2.26 bits per heavy atom. The molecule has 8 heteroatoms. The van der Waals surface area contributed by atoms with Gasteiger partial charge in [-0.05, 0) is 19.3 Å². The summed E-state index contributed by atoms with van der Waals surface area (Å²) in [5.74, 6) is 0. The Bertz CT molecular complexity index is 393. The van der Waals surface area contributed by atoms with Gasteiger partial charge in [0.2, 0.25) is 0 Å². The zero-order valence-corrected chi connectivity index (χ0v) is 12.1. The molecule has 19 heavy (non-hydrogen) atoms. The van der Waals surface area contributed by atoms with Crippen LogP contribution in [0.4, 0.5) is 4.79 Å². The molecule has 1 atom stereocenters. The van der Waals surface area contributed by atoms with Crippen molar-refractivity contribution in [1.29, 1.82) is 0 Å². The van der Waals surface area contributed by atoms with Crippen LogP contribution in [-0.4, -0.2) is 69.3 Å². The van der Waals surface area contributed by atoms with E-state index in [4.69, 9.17) is 22.4 Å². The Labute approximate surface area is 113 Å². The molecule has 0 aromatic heterocycles. The Morgan fingerprint density at radius 2 is 1.84 bits per heavy atom. The molecule has 2 saturated heterocycles. The molecule has 0 aliphatic carbocycles. The van der Waals surface area contributed by atoms with Gasteiger partial charge in [-0.3, -0.25) is 0 Å². The summed E-state index contributed by atoms with van der Waals surface area (Å²) < 4.78 is 38.1.